The van der Waals surface area contributed by atoms with Crippen molar-refractivity contribution in [2.75, 3.05) is 25.9 Å². The largest absolute Gasteiger partial charge is 0.354 e. The maximum atomic E-state index is 11.9. The number of benzene rings is 1. The van der Waals surface area contributed by atoms with Gasteiger partial charge in [0, 0.05) is 18.3 Å². The third-order valence-electron chi connectivity index (χ3n) is 4.21. The Morgan fingerprint density at radius 3 is 2.95 bits per heavy atom. The van der Waals surface area contributed by atoms with Crippen LogP contribution in [0.2, 0.25) is 0 Å². The standard InChI is InChI=1S/C17H26N2OS/c1-14-7-3-4-8-15(14)12-21-13-17(20)18-11-16-9-5-6-10-19(16)2/h3-4,7-8,16H,5-6,9-13H2,1-2H3,(H,18,20). The van der Waals surface area contributed by atoms with Crippen molar-refractivity contribution in [3.63, 3.8) is 0 Å². The van der Waals surface area contributed by atoms with Gasteiger partial charge in [0.2, 0.25) is 5.91 Å². The van der Waals surface area contributed by atoms with Gasteiger partial charge in [0.25, 0.3) is 0 Å². The Hall–Kier alpha value is -1.00. The van der Waals surface area contributed by atoms with Crippen LogP contribution in [0.5, 0.6) is 0 Å². The van der Waals surface area contributed by atoms with E-state index in [9.17, 15) is 4.79 Å². The van der Waals surface area contributed by atoms with E-state index in [0.717, 1.165) is 18.8 Å². The van der Waals surface area contributed by atoms with Gasteiger partial charge in [-0.15, -0.1) is 11.8 Å². The van der Waals surface area contributed by atoms with Gasteiger partial charge >= 0.3 is 0 Å². The molecule has 3 nitrogen and oxygen atoms in total. The van der Waals surface area contributed by atoms with Crippen molar-refractivity contribution < 1.29 is 4.79 Å². The fourth-order valence-corrected chi connectivity index (χ4v) is 3.64. The van der Waals surface area contributed by atoms with Crippen molar-refractivity contribution in [1.82, 2.24) is 10.2 Å². The van der Waals surface area contributed by atoms with Crippen molar-refractivity contribution in [3.05, 3.63) is 35.4 Å². The first-order valence-electron chi connectivity index (χ1n) is 7.76. The molecule has 0 saturated carbocycles. The molecule has 0 spiro atoms. The molecule has 21 heavy (non-hydrogen) atoms. The van der Waals surface area contributed by atoms with E-state index in [4.69, 9.17) is 0 Å². The number of amides is 1. The lowest BCUT2D eigenvalue weighted by Gasteiger charge is -2.32. The number of carbonyl (C=O) groups excluding carboxylic acids is 1. The smallest absolute Gasteiger partial charge is 0.230 e. The molecule has 1 atom stereocenters. The lowest BCUT2D eigenvalue weighted by atomic mass is 10.0. The summed E-state index contributed by atoms with van der Waals surface area (Å²) in [4.78, 5) is 14.3. The normalized spacial score (nSPS) is 19.4. The number of likely N-dealkylation sites (tertiary alicyclic amines) is 1. The summed E-state index contributed by atoms with van der Waals surface area (Å²) < 4.78 is 0. The maximum Gasteiger partial charge on any atom is 0.230 e. The van der Waals surface area contributed by atoms with Crippen LogP contribution >= 0.6 is 11.8 Å². The Kier molecular flexibility index (Phi) is 6.58. The van der Waals surface area contributed by atoms with E-state index in [0.29, 0.717) is 11.8 Å². The van der Waals surface area contributed by atoms with Crippen LogP contribution in [0, 0.1) is 6.92 Å². The molecule has 1 aliphatic heterocycles. The summed E-state index contributed by atoms with van der Waals surface area (Å²) >= 11 is 1.69. The van der Waals surface area contributed by atoms with Crippen molar-refractivity contribution in [2.45, 2.75) is 38.0 Å². The lowest BCUT2D eigenvalue weighted by Crippen LogP contribution is -2.44. The summed E-state index contributed by atoms with van der Waals surface area (Å²) in [6.07, 6.45) is 3.77. The average molecular weight is 306 g/mol. The van der Waals surface area contributed by atoms with Gasteiger partial charge in [-0.25, -0.2) is 0 Å². The molecule has 0 bridgehead atoms. The minimum atomic E-state index is 0.160. The van der Waals surface area contributed by atoms with Crippen LogP contribution in [0.25, 0.3) is 0 Å². The Balaban J connectivity index is 1.64. The summed E-state index contributed by atoms with van der Waals surface area (Å²) in [6.45, 7) is 4.07. The van der Waals surface area contributed by atoms with Crippen LogP contribution < -0.4 is 5.32 Å². The van der Waals surface area contributed by atoms with Gasteiger partial charge in [0.05, 0.1) is 5.75 Å². The monoisotopic (exact) mass is 306 g/mol. The summed E-state index contributed by atoms with van der Waals surface area (Å²) in [5.74, 6) is 1.61. The number of hydrogen-bond donors (Lipinski definition) is 1. The summed E-state index contributed by atoms with van der Waals surface area (Å²) in [5.41, 5.74) is 2.62. The van der Waals surface area contributed by atoms with Gasteiger partial charge in [0.15, 0.2) is 0 Å². The molecule has 2 rings (SSSR count). The number of likely N-dealkylation sites (N-methyl/N-ethyl adjacent to an activating group) is 1. The van der Waals surface area contributed by atoms with E-state index in [1.165, 1.54) is 30.4 Å². The molecule has 1 aromatic carbocycles. The van der Waals surface area contributed by atoms with E-state index in [2.05, 4.69) is 48.5 Å². The van der Waals surface area contributed by atoms with Gasteiger partial charge in [0.1, 0.15) is 0 Å². The third-order valence-corrected chi connectivity index (χ3v) is 5.19. The second-order valence-electron chi connectivity index (χ2n) is 5.85. The number of aryl methyl sites for hydroxylation is 1. The van der Waals surface area contributed by atoms with Gasteiger partial charge in [-0.1, -0.05) is 30.7 Å². The quantitative estimate of drug-likeness (QED) is 0.877. The minimum Gasteiger partial charge on any atom is -0.354 e. The van der Waals surface area contributed by atoms with E-state index >= 15 is 0 Å². The molecule has 0 radical (unpaired) electrons. The Labute approximate surface area is 132 Å². The van der Waals surface area contributed by atoms with E-state index in [1.54, 1.807) is 11.8 Å². The highest BCUT2D eigenvalue weighted by atomic mass is 32.2. The summed E-state index contributed by atoms with van der Waals surface area (Å²) in [6, 6.07) is 8.88. The zero-order valence-corrected chi connectivity index (χ0v) is 13.9. The van der Waals surface area contributed by atoms with Crippen LogP contribution in [-0.2, 0) is 10.5 Å². The zero-order chi connectivity index (χ0) is 15.1. The van der Waals surface area contributed by atoms with Crippen molar-refractivity contribution in [1.29, 1.82) is 0 Å². The molecular weight excluding hydrogens is 280 g/mol. The highest BCUT2D eigenvalue weighted by Gasteiger charge is 2.19. The lowest BCUT2D eigenvalue weighted by molar-refractivity contribution is -0.118. The molecule has 1 saturated heterocycles. The predicted octanol–water partition coefficient (Wildman–Crippen LogP) is 2.83. The number of piperidine rings is 1. The highest BCUT2D eigenvalue weighted by Crippen LogP contribution is 2.16. The van der Waals surface area contributed by atoms with E-state index in [-0.39, 0.29) is 5.91 Å². The molecular formula is C17H26N2OS. The molecule has 1 heterocycles. The summed E-state index contributed by atoms with van der Waals surface area (Å²) in [5, 5.41) is 3.08. The molecule has 4 heteroatoms. The highest BCUT2D eigenvalue weighted by molar-refractivity contribution is 7.99. The number of hydrogen-bond acceptors (Lipinski definition) is 3. The molecule has 0 aromatic heterocycles. The molecule has 116 valence electrons. The van der Waals surface area contributed by atoms with Gasteiger partial charge < -0.3 is 10.2 Å². The van der Waals surface area contributed by atoms with Crippen LogP contribution in [0.1, 0.15) is 30.4 Å². The number of carbonyl (C=O) groups is 1. The van der Waals surface area contributed by atoms with Crippen molar-refractivity contribution in [2.24, 2.45) is 0 Å². The van der Waals surface area contributed by atoms with Gasteiger partial charge in [-0.3, -0.25) is 4.79 Å². The topological polar surface area (TPSA) is 32.3 Å². The van der Waals surface area contributed by atoms with Gasteiger partial charge in [-0.05, 0) is 44.5 Å². The molecule has 1 N–H and O–H groups in total. The van der Waals surface area contributed by atoms with Crippen LogP contribution in [0.4, 0.5) is 0 Å². The zero-order valence-electron chi connectivity index (χ0n) is 13.1. The second kappa shape index (κ2) is 8.44. The molecule has 1 fully saturated rings. The van der Waals surface area contributed by atoms with Crippen molar-refractivity contribution in [3.8, 4) is 0 Å². The van der Waals surface area contributed by atoms with Crippen molar-refractivity contribution >= 4 is 17.7 Å². The average Bonchev–Trinajstić information content (AvgIpc) is 2.48. The first-order chi connectivity index (χ1) is 10.2. The van der Waals surface area contributed by atoms with E-state index in [1.807, 2.05) is 0 Å². The van der Waals surface area contributed by atoms with E-state index < -0.39 is 0 Å². The Bertz CT molecular complexity index is 464. The Morgan fingerprint density at radius 2 is 2.19 bits per heavy atom. The van der Waals surface area contributed by atoms with Gasteiger partial charge in [-0.2, -0.15) is 0 Å². The number of nitrogens with one attached hydrogen (secondary N) is 1. The van der Waals surface area contributed by atoms with Crippen LogP contribution in [0.15, 0.2) is 24.3 Å². The molecule has 1 aliphatic rings. The molecule has 0 aliphatic carbocycles. The fraction of sp³-hybridized carbons (Fsp3) is 0.588. The molecule has 1 aromatic rings. The maximum absolute atomic E-state index is 11.9. The molecule has 1 amide bonds. The Morgan fingerprint density at radius 1 is 1.38 bits per heavy atom. The third kappa shape index (κ3) is 5.36. The second-order valence-corrected chi connectivity index (χ2v) is 6.84. The van der Waals surface area contributed by atoms with Crippen LogP contribution in [-0.4, -0.2) is 42.7 Å². The first-order valence-corrected chi connectivity index (χ1v) is 8.91. The number of rotatable bonds is 6. The minimum absolute atomic E-state index is 0.160. The molecule has 1 unspecified atom stereocenters. The first kappa shape index (κ1) is 16.4. The number of thioether (sulfide) groups is 1. The fourth-order valence-electron chi connectivity index (χ4n) is 2.71. The van der Waals surface area contributed by atoms with Crippen LogP contribution in [0.3, 0.4) is 0 Å². The SMILES string of the molecule is Cc1ccccc1CSCC(=O)NCC1CCCCN1C. The predicted molar refractivity (Wildman–Crippen MR) is 90.6 cm³/mol. The number of nitrogens with zero attached hydrogens (tertiary/aromatic N) is 1. The summed E-state index contributed by atoms with van der Waals surface area (Å²) in [7, 11) is 2.16.